The lowest BCUT2D eigenvalue weighted by molar-refractivity contribution is 0.332. The van der Waals surface area contributed by atoms with Crippen molar-refractivity contribution >= 4 is 5.69 Å². The summed E-state index contributed by atoms with van der Waals surface area (Å²) in [6, 6.07) is 13.4. The summed E-state index contributed by atoms with van der Waals surface area (Å²) in [4.78, 5) is 0. The third-order valence-corrected chi connectivity index (χ3v) is 2.85. The molecule has 2 aromatic rings. The first-order valence-corrected chi connectivity index (χ1v) is 6.43. The summed E-state index contributed by atoms with van der Waals surface area (Å²) in [5.41, 5.74) is 0.711. The fraction of sp³-hybridized carbons (Fsp3) is 0.188. The second-order valence-corrected chi connectivity index (χ2v) is 4.26. The molecule has 108 valence electrons. The van der Waals surface area contributed by atoms with Crippen molar-refractivity contribution in [1.82, 2.24) is 0 Å². The summed E-state index contributed by atoms with van der Waals surface area (Å²) in [7, 11) is 1.61. The number of nitriles is 1. The molecule has 0 radical (unpaired) electrons. The minimum absolute atomic E-state index is 0.0241. The van der Waals surface area contributed by atoms with Crippen molar-refractivity contribution in [1.29, 1.82) is 5.26 Å². The van der Waals surface area contributed by atoms with Gasteiger partial charge in [0, 0.05) is 12.2 Å². The predicted molar refractivity (Wildman–Crippen MR) is 78.1 cm³/mol. The Kier molecular flexibility index (Phi) is 4.99. The largest absolute Gasteiger partial charge is 0.497 e. The highest BCUT2D eigenvalue weighted by Crippen LogP contribution is 2.17. The van der Waals surface area contributed by atoms with E-state index in [1.807, 2.05) is 24.3 Å². The molecule has 0 heterocycles. The Morgan fingerprint density at radius 2 is 1.86 bits per heavy atom. The number of rotatable bonds is 6. The maximum Gasteiger partial charge on any atom is 0.141 e. The highest BCUT2D eigenvalue weighted by Gasteiger charge is 2.02. The number of ether oxygens (including phenoxy) is 2. The van der Waals surface area contributed by atoms with E-state index in [1.165, 1.54) is 12.1 Å². The van der Waals surface area contributed by atoms with Gasteiger partial charge in [0.15, 0.2) is 0 Å². The molecule has 2 aromatic carbocycles. The Morgan fingerprint density at radius 1 is 1.14 bits per heavy atom. The van der Waals surface area contributed by atoms with E-state index in [9.17, 15) is 4.39 Å². The normalized spacial score (nSPS) is 9.76. The van der Waals surface area contributed by atoms with E-state index in [-0.39, 0.29) is 5.56 Å². The third kappa shape index (κ3) is 4.11. The fourth-order valence-corrected chi connectivity index (χ4v) is 1.76. The SMILES string of the molecule is COc1ccc(OCCNc2ccc(F)c(C#N)c2)cc1. The molecule has 0 aliphatic rings. The van der Waals surface area contributed by atoms with Crippen LogP contribution in [0.25, 0.3) is 0 Å². The van der Waals surface area contributed by atoms with E-state index < -0.39 is 5.82 Å². The summed E-state index contributed by atoms with van der Waals surface area (Å²) < 4.78 is 23.8. The van der Waals surface area contributed by atoms with Gasteiger partial charge in [-0.2, -0.15) is 5.26 Å². The number of nitrogens with one attached hydrogen (secondary N) is 1. The second kappa shape index (κ2) is 7.15. The van der Waals surface area contributed by atoms with E-state index in [2.05, 4.69) is 5.32 Å². The van der Waals surface area contributed by atoms with Gasteiger partial charge in [0.25, 0.3) is 0 Å². The van der Waals surface area contributed by atoms with Crippen LogP contribution in [-0.4, -0.2) is 20.3 Å². The van der Waals surface area contributed by atoms with Crippen LogP contribution in [0.15, 0.2) is 42.5 Å². The van der Waals surface area contributed by atoms with E-state index in [0.29, 0.717) is 18.8 Å². The highest BCUT2D eigenvalue weighted by atomic mass is 19.1. The lowest BCUT2D eigenvalue weighted by Gasteiger charge is -2.09. The van der Waals surface area contributed by atoms with Crippen LogP contribution in [0.4, 0.5) is 10.1 Å². The number of hydrogen-bond donors (Lipinski definition) is 1. The van der Waals surface area contributed by atoms with Gasteiger partial charge in [-0.15, -0.1) is 0 Å². The van der Waals surface area contributed by atoms with Crippen LogP contribution >= 0.6 is 0 Å². The van der Waals surface area contributed by atoms with Crippen LogP contribution in [0, 0.1) is 17.1 Å². The van der Waals surface area contributed by atoms with E-state index in [0.717, 1.165) is 11.5 Å². The van der Waals surface area contributed by atoms with Gasteiger partial charge < -0.3 is 14.8 Å². The van der Waals surface area contributed by atoms with E-state index >= 15 is 0 Å². The summed E-state index contributed by atoms with van der Waals surface area (Å²) in [5, 5.41) is 11.8. The van der Waals surface area contributed by atoms with Crippen molar-refractivity contribution in [3.05, 3.63) is 53.8 Å². The molecule has 0 aliphatic carbocycles. The quantitative estimate of drug-likeness (QED) is 0.829. The van der Waals surface area contributed by atoms with Crippen LogP contribution in [0.1, 0.15) is 5.56 Å². The van der Waals surface area contributed by atoms with Crippen molar-refractivity contribution in [2.45, 2.75) is 0 Å². The summed E-state index contributed by atoms with van der Waals surface area (Å²) in [6.07, 6.45) is 0. The molecule has 0 aromatic heterocycles. The van der Waals surface area contributed by atoms with Crippen LogP contribution in [0.3, 0.4) is 0 Å². The Hall–Kier alpha value is -2.74. The molecule has 0 bridgehead atoms. The zero-order valence-corrected chi connectivity index (χ0v) is 11.6. The van der Waals surface area contributed by atoms with Crippen molar-refractivity contribution in [3.63, 3.8) is 0 Å². The summed E-state index contributed by atoms with van der Waals surface area (Å²) in [6.45, 7) is 0.994. The average molecular weight is 286 g/mol. The van der Waals surface area contributed by atoms with Gasteiger partial charge in [-0.3, -0.25) is 0 Å². The third-order valence-electron chi connectivity index (χ3n) is 2.85. The molecule has 0 fully saturated rings. The molecule has 0 saturated heterocycles. The zero-order chi connectivity index (χ0) is 15.1. The van der Waals surface area contributed by atoms with Crippen LogP contribution in [-0.2, 0) is 0 Å². The zero-order valence-electron chi connectivity index (χ0n) is 11.6. The topological polar surface area (TPSA) is 54.3 Å². The lowest BCUT2D eigenvalue weighted by atomic mass is 10.2. The monoisotopic (exact) mass is 286 g/mol. The molecule has 0 aliphatic heterocycles. The molecule has 1 N–H and O–H groups in total. The molecule has 4 nitrogen and oxygen atoms in total. The van der Waals surface area contributed by atoms with Crippen LogP contribution in [0.5, 0.6) is 11.5 Å². The Morgan fingerprint density at radius 3 is 2.52 bits per heavy atom. The first-order valence-electron chi connectivity index (χ1n) is 6.43. The molecule has 5 heteroatoms. The van der Waals surface area contributed by atoms with E-state index in [1.54, 1.807) is 19.2 Å². The van der Waals surface area contributed by atoms with Crippen molar-refractivity contribution in [3.8, 4) is 17.6 Å². The minimum atomic E-state index is -0.516. The van der Waals surface area contributed by atoms with E-state index in [4.69, 9.17) is 14.7 Å². The van der Waals surface area contributed by atoms with Gasteiger partial charge in [-0.05, 0) is 42.5 Å². The summed E-state index contributed by atoms with van der Waals surface area (Å²) >= 11 is 0. The van der Waals surface area contributed by atoms with Gasteiger partial charge >= 0.3 is 0 Å². The lowest BCUT2D eigenvalue weighted by Crippen LogP contribution is -2.11. The maximum absolute atomic E-state index is 13.2. The first kappa shape index (κ1) is 14.7. The Labute approximate surface area is 122 Å². The smallest absolute Gasteiger partial charge is 0.141 e. The van der Waals surface area contributed by atoms with Crippen molar-refractivity contribution < 1.29 is 13.9 Å². The number of nitrogens with zero attached hydrogens (tertiary/aromatic N) is 1. The fourth-order valence-electron chi connectivity index (χ4n) is 1.76. The second-order valence-electron chi connectivity index (χ2n) is 4.26. The molecule has 2 rings (SSSR count). The predicted octanol–water partition coefficient (Wildman–Crippen LogP) is 3.20. The number of benzene rings is 2. The van der Waals surface area contributed by atoms with Crippen molar-refractivity contribution in [2.24, 2.45) is 0 Å². The molecule has 0 amide bonds. The number of hydrogen-bond acceptors (Lipinski definition) is 4. The van der Waals surface area contributed by atoms with Gasteiger partial charge in [0.1, 0.15) is 30.0 Å². The number of anilines is 1. The van der Waals surface area contributed by atoms with Gasteiger partial charge in [0.2, 0.25) is 0 Å². The summed E-state index contributed by atoms with van der Waals surface area (Å²) in [5.74, 6) is 1.00. The molecule has 0 unspecified atom stereocenters. The van der Waals surface area contributed by atoms with Gasteiger partial charge in [0.05, 0.1) is 12.7 Å². The van der Waals surface area contributed by atoms with Crippen LogP contribution < -0.4 is 14.8 Å². The molecule has 0 saturated carbocycles. The van der Waals surface area contributed by atoms with Crippen LogP contribution in [0.2, 0.25) is 0 Å². The van der Waals surface area contributed by atoms with Crippen molar-refractivity contribution in [2.75, 3.05) is 25.6 Å². The standard InChI is InChI=1S/C16H15FN2O2/c1-20-14-3-5-15(6-4-14)21-9-8-19-13-2-7-16(17)12(10-13)11-18/h2-7,10,19H,8-9H2,1H3. The molecule has 21 heavy (non-hydrogen) atoms. The average Bonchev–Trinajstić information content (AvgIpc) is 2.53. The molecular weight excluding hydrogens is 271 g/mol. The maximum atomic E-state index is 13.2. The van der Waals surface area contributed by atoms with Gasteiger partial charge in [-0.25, -0.2) is 4.39 Å². The molecule has 0 spiro atoms. The van der Waals surface area contributed by atoms with Gasteiger partial charge in [-0.1, -0.05) is 0 Å². The first-order chi connectivity index (χ1) is 10.2. The molecular formula is C16H15FN2O2. The number of methoxy groups -OCH3 is 1. The Balaban J connectivity index is 1.80. The minimum Gasteiger partial charge on any atom is -0.497 e. The Bertz CT molecular complexity index is 636. The molecule has 0 atom stereocenters. The highest BCUT2D eigenvalue weighted by molar-refractivity contribution is 5.49. The number of halogens is 1.